The van der Waals surface area contributed by atoms with Gasteiger partial charge in [-0.05, 0) is 42.5 Å². The molecule has 1 heterocycles. The van der Waals surface area contributed by atoms with Crippen molar-refractivity contribution < 1.29 is 0 Å². The van der Waals surface area contributed by atoms with Gasteiger partial charge in [0.15, 0.2) is 0 Å². The van der Waals surface area contributed by atoms with Gasteiger partial charge in [0.25, 0.3) is 0 Å². The van der Waals surface area contributed by atoms with Crippen LogP contribution in [0.1, 0.15) is 29.5 Å². The van der Waals surface area contributed by atoms with Crippen molar-refractivity contribution >= 4 is 0 Å². The molecule has 1 aromatic rings. The molecule has 1 N–H and O–H groups in total. The van der Waals surface area contributed by atoms with E-state index in [4.69, 9.17) is 0 Å². The number of nitrogens with one attached hydrogen (secondary N) is 1. The molecule has 0 radical (unpaired) electrons. The van der Waals surface area contributed by atoms with E-state index in [1.54, 1.807) is 0 Å². The highest BCUT2D eigenvalue weighted by molar-refractivity contribution is 5.34. The van der Waals surface area contributed by atoms with Crippen LogP contribution in [0, 0.1) is 5.92 Å². The first kappa shape index (κ1) is 10.3. The number of hydrogen-bond acceptors (Lipinski definition) is 2. The van der Waals surface area contributed by atoms with E-state index in [1.807, 2.05) is 0 Å². The van der Waals surface area contributed by atoms with Gasteiger partial charge >= 0.3 is 0 Å². The first-order valence-corrected chi connectivity index (χ1v) is 6.31. The average molecular weight is 216 g/mol. The summed E-state index contributed by atoms with van der Waals surface area (Å²) >= 11 is 0. The van der Waals surface area contributed by atoms with Crippen LogP contribution in [0.5, 0.6) is 0 Å². The highest BCUT2D eigenvalue weighted by Gasteiger charge is 2.22. The Balaban J connectivity index is 1.64. The van der Waals surface area contributed by atoms with E-state index in [2.05, 4.69) is 35.5 Å². The Hall–Kier alpha value is -0.860. The minimum atomic E-state index is 0.987. The molecule has 0 spiro atoms. The third-order valence-electron chi connectivity index (χ3n) is 3.62. The molecule has 1 aliphatic carbocycles. The highest BCUT2D eigenvalue weighted by atomic mass is 15.1. The van der Waals surface area contributed by atoms with E-state index in [-0.39, 0.29) is 0 Å². The van der Waals surface area contributed by atoms with Gasteiger partial charge in [-0.1, -0.05) is 18.2 Å². The van der Waals surface area contributed by atoms with E-state index in [9.17, 15) is 0 Å². The fourth-order valence-electron chi connectivity index (χ4n) is 2.56. The molecule has 1 saturated carbocycles. The second-order valence-electron chi connectivity index (χ2n) is 5.35. The molecule has 0 bridgehead atoms. The topological polar surface area (TPSA) is 15.3 Å². The van der Waals surface area contributed by atoms with Crippen LogP contribution in [0.25, 0.3) is 0 Å². The number of fused-ring (bicyclic) bond motifs is 1. The van der Waals surface area contributed by atoms with Crippen LogP contribution >= 0.6 is 0 Å². The molecular weight excluding hydrogens is 196 g/mol. The van der Waals surface area contributed by atoms with Crippen LogP contribution in [0.3, 0.4) is 0 Å². The van der Waals surface area contributed by atoms with Crippen LogP contribution < -0.4 is 5.32 Å². The van der Waals surface area contributed by atoms with Crippen LogP contribution in [0.15, 0.2) is 18.2 Å². The molecule has 1 aliphatic heterocycles. The van der Waals surface area contributed by atoms with Gasteiger partial charge in [0.2, 0.25) is 0 Å². The largest absolute Gasteiger partial charge is 0.309 e. The van der Waals surface area contributed by atoms with E-state index in [1.165, 1.54) is 36.1 Å². The monoisotopic (exact) mass is 216 g/mol. The van der Waals surface area contributed by atoms with E-state index < -0.39 is 0 Å². The van der Waals surface area contributed by atoms with Crippen molar-refractivity contribution in [1.29, 1.82) is 0 Å². The molecule has 16 heavy (non-hydrogen) atoms. The van der Waals surface area contributed by atoms with E-state index >= 15 is 0 Å². The third-order valence-corrected chi connectivity index (χ3v) is 3.62. The Labute approximate surface area is 97.6 Å². The van der Waals surface area contributed by atoms with Crippen molar-refractivity contribution in [3.63, 3.8) is 0 Å². The van der Waals surface area contributed by atoms with Crippen molar-refractivity contribution in [2.45, 2.75) is 32.5 Å². The Morgan fingerprint density at radius 2 is 2.06 bits per heavy atom. The Kier molecular flexibility index (Phi) is 2.70. The lowest BCUT2D eigenvalue weighted by atomic mass is 10.1. The molecule has 0 unspecified atom stereocenters. The zero-order chi connectivity index (χ0) is 11.0. The third kappa shape index (κ3) is 2.28. The molecule has 1 fully saturated rings. The second kappa shape index (κ2) is 4.19. The molecule has 0 atom stereocenters. The lowest BCUT2D eigenvalue weighted by Gasteiger charge is -2.16. The molecule has 86 valence electrons. The zero-order valence-electron chi connectivity index (χ0n) is 10.00. The minimum Gasteiger partial charge on any atom is -0.309 e. The summed E-state index contributed by atoms with van der Waals surface area (Å²) in [4.78, 5) is 2.46. The minimum absolute atomic E-state index is 0.987. The normalized spacial score (nSPS) is 19.1. The van der Waals surface area contributed by atoms with E-state index in [0.29, 0.717) is 0 Å². The predicted octanol–water partition coefficient (Wildman–Crippen LogP) is 2.13. The summed E-state index contributed by atoms with van der Waals surface area (Å²) in [6.45, 7) is 4.47. The average Bonchev–Trinajstić information content (AvgIpc) is 2.95. The SMILES string of the molecule is CN(Cc1ccc2c(c1)CNC2)CC1CC1. The summed E-state index contributed by atoms with van der Waals surface area (Å²) in [5, 5.41) is 3.40. The predicted molar refractivity (Wildman–Crippen MR) is 66.0 cm³/mol. The van der Waals surface area contributed by atoms with Gasteiger partial charge < -0.3 is 10.2 Å². The van der Waals surface area contributed by atoms with Gasteiger partial charge in [0, 0.05) is 26.2 Å². The number of hydrogen-bond donors (Lipinski definition) is 1. The summed E-state index contributed by atoms with van der Waals surface area (Å²) < 4.78 is 0. The van der Waals surface area contributed by atoms with E-state index in [0.717, 1.165) is 25.6 Å². The summed E-state index contributed by atoms with van der Waals surface area (Å²) in [5.41, 5.74) is 4.44. The number of nitrogens with zero attached hydrogens (tertiary/aromatic N) is 1. The first-order valence-electron chi connectivity index (χ1n) is 6.31. The van der Waals surface area contributed by atoms with Gasteiger partial charge in [-0.15, -0.1) is 0 Å². The van der Waals surface area contributed by atoms with Gasteiger partial charge in [0.1, 0.15) is 0 Å². The van der Waals surface area contributed by atoms with Crippen LogP contribution in [0.4, 0.5) is 0 Å². The maximum Gasteiger partial charge on any atom is 0.0230 e. The molecule has 2 aliphatic rings. The Morgan fingerprint density at radius 3 is 2.88 bits per heavy atom. The van der Waals surface area contributed by atoms with Crippen molar-refractivity contribution in [3.8, 4) is 0 Å². The van der Waals surface area contributed by atoms with Crippen molar-refractivity contribution in [3.05, 3.63) is 34.9 Å². The lowest BCUT2D eigenvalue weighted by molar-refractivity contribution is 0.313. The molecule has 0 amide bonds. The van der Waals surface area contributed by atoms with Gasteiger partial charge in [0.05, 0.1) is 0 Å². The van der Waals surface area contributed by atoms with Gasteiger partial charge in [-0.2, -0.15) is 0 Å². The Bertz CT molecular complexity index is 382. The molecular formula is C14H20N2. The standard InChI is InChI=1S/C14H20N2/c1-16(9-11-2-3-11)10-12-4-5-13-7-15-8-14(13)6-12/h4-6,11,15H,2-3,7-10H2,1H3. The van der Waals surface area contributed by atoms with Crippen LogP contribution in [-0.4, -0.2) is 18.5 Å². The van der Waals surface area contributed by atoms with Crippen LogP contribution in [-0.2, 0) is 19.6 Å². The fraction of sp³-hybridized carbons (Fsp3) is 0.571. The highest BCUT2D eigenvalue weighted by Crippen LogP contribution is 2.29. The molecule has 3 rings (SSSR count). The van der Waals surface area contributed by atoms with Gasteiger partial charge in [-0.3, -0.25) is 0 Å². The molecule has 0 saturated heterocycles. The molecule has 2 nitrogen and oxygen atoms in total. The smallest absolute Gasteiger partial charge is 0.0230 e. The Morgan fingerprint density at radius 1 is 1.25 bits per heavy atom. The molecule has 1 aromatic carbocycles. The summed E-state index contributed by atoms with van der Waals surface area (Å²) in [6, 6.07) is 6.95. The summed E-state index contributed by atoms with van der Waals surface area (Å²) in [5.74, 6) is 0.987. The molecule has 0 aromatic heterocycles. The maximum absolute atomic E-state index is 3.40. The van der Waals surface area contributed by atoms with Crippen molar-refractivity contribution in [2.24, 2.45) is 5.92 Å². The fourth-order valence-corrected chi connectivity index (χ4v) is 2.56. The lowest BCUT2D eigenvalue weighted by Crippen LogP contribution is -2.20. The molecule has 2 heteroatoms. The number of benzene rings is 1. The second-order valence-corrected chi connectivity index (χ2v) is 5.35. The summed E-state index contributed by atoms with van der Waals surface area (Å²) in [7, 11) is 2.24. The first-order chi connectivity index (χ1) is 7.81. The maximum atomic E-state index is 3.40. The van der Waals surface area contributed by atoms with Gasteiger partial charge in [-0.25, -0.2) is 0 Å². The zero-order valence-corrected chi connectivity index (χ0v) is 10.00. The van der Waals surface area contributed by atoms with Crippen molar-refractivity contribution in [1.82, 2.24) is 10.2 Å². The van der Waals surface area contributed by atoms with Crippen LogP contribution in [0.2, 0.25) is 0 Å². The summed E-state index contributed by atoms with van der Waals surface area (Å²) in [6.07, 6.45) is 2.89. The van der Waals surface area contributed by atoms with Crippen molar-refractivity contribution in [2.75, 3.05) is 13.6 Å². The number of rotatable bonds is 4. The quantitative estimate of drug-likeness (QED) is 0.829.